The summed E-state index contributed by atoms with van der Waals surface area (Å²) in [6, 6.07) is 18.4. The van der Waals surface area contributed by atoms with Crippen LogP contribution in [-0.2, 0) is 16.0 Å². The maximum atomic E-state index is 13.6. The lowest BCUT2D eigenvalue weighted by atomic mass is 10.0. The van der Waals surface area contributed by atoms with E-state index in [1.165, 1.54) is 4.88 Å². The van der Waals surface area contributed by atoms with Crippen molar-refractivity contribution in [3.05, 3.63) is 82.0 Å². The minimum Gasteiger partial charge on any atom is -0.497 e. The van der Waals surface area contributed by atoms with E-state index >= 15 is 0 Å². The average molecular weight is 495 g/mol. The number of nitrogens with zero attached hydrogens (tertiary/aromatic N) is 2. The monoisotopic (exact) mass is 494 g/mol. The lowest BCUT2D eigenvalue weighted by Crippen LogP contribution is -2.48. The van der Waals surface area contributed by atoms with E-state index < -0.39 is 0 Å². The van der Waals surface area contributed by atoms with Gasteiger partial charge in [-0.1, -0.05) is 24.3 Å². The molecular weight excluding hydrogens is 464 g/mol. The Morgan fingerprint density at radius 3 is 2.63 bits per heavy atom. The van der Waals surface area contributed by atoms with Crippen molar-refractivity contribution in [3.63, 3.8) is 0 Å². The molecule has 184 valence electrons. The van der Waals surface area contributed by atoms with Crippen LogP contribution in [0.5, 0.6) is 11.5 Å². The second kappa shape index (κ2) is 11.9. The molecule has 0 saturated heterocycles. The van der Waals surface area contributed by atoms with Gasteiger partial charge in [-0.3, -0.25) is 9.59 Å². The van der Waals surface area contributed by atoms with Crippen LogP contribution in [0.4, 0.5) is 0 Å². The smallest absolute Gasteiger partial charge is 0.254 e. The Morgan fingerprint density at radius 2 is 1.86 bits per heavy atom. The van der Waals surface area contributed by atoms with Gasteiger partial charge in [0, 0.05) is 30.6 Å². The standard InChI is InChI=1S/C27H30N2O5S/c1-32-15-14-28(27(31)20-7-6-10-22(17-20)33-2)18-26(30)29-13-11-25-23(12-16-35-25)24(29)19-34-21-8-4-3-5-9-21/h3-10,12,16-17,24H,11,13-15,18-19H2,1-2H3. The SMILES string of the molecule is COCCN(CC(=O)N1CCc2sccc2C1COc1ccccc1)C(=O)c1cccc(OC)c1. The van der Waals surface area contributed by atoms with Gasteiger partial charge in [-0.15, -0.1) is 11.3 Å². The molecule has 2 amide bonds. The van der Waals surface area contributed by atoms with E-state index in [9.17, 15) is 9.59 Å². The van der Waals surface area contributed by atoms with E-state index in [1.807, 2.05) is 35.2 Å². The molecule has 1 aliphatic rings. The summed E-state index contributed by atoms with van der Waals surface area (Å²) in [6.07, 6.45) is 0.794. The molecule has 0 saturated carbocycles. The molecule has 4 rings (SSSR count). The molecule has 1 unspecified atom stereocenters. The van der Waals surface area contributed by atoms with Crippen LogP contribution in [0.1, 0.15) is 26.8 Å². The van der Waals surface area contributed by atoms with E-state index in [1.54, 1.807) is 54.7 Å². The summed E-state index contributed by atoms with van der Waals surface area (Å²) >= 11 is 1.71. The summed E-state index contributed by atoms with van der Waals surface area (Å²) in [4.78, 5) is 31.6. The number of hydrogen-bond acceptors (Lipinski definition) is 6. The van der Waals surface area contributed by atoms with Gasteiger partial charge in [0.05, 0.1) is 19.8 Å². The normalized spacial score (nSPS) is 14.8. The number of hydrogen-bond donors (Lipinski definition) is 0. The minimum absolute atomic E-state index is 0.0410. The summed E-state index contributed by atoms with van der Waals surface area (Å²) in [5.74, 6) is 1.00. The number of benzene rings is 2. The summed E-state index contributed by atoms with van der Waals surface area (Å²) in [5.41, 5.74) is 1.59. The number of fused-ring (bicyclic) bond motifs is 1. The molecule has 0 bridgehead atoms. The van der Waals surface area contributed by atoms with E-state index in [4.69, 9.17) is 14.2 Å². The van der Waals surface area contributed by atoms with Gasteiger partial charge < -0.3 is 24.0 Å². The van der Waals surface area contributed by atoms with Gasteiger partial charge in [0.25, 0.3) is 5.91 Å². The summed E-state index contributed by atoms with van der Waals surface area (Å²) in [6.45, 7) is 1.53. The fourth-order valence-electron chi connectivity index (χ4n) is 4.21. The molecule has 0 spiro atoms. The number of carbonyl (C=O) groups is 2. The van der Waals surface area contributed by atoms with Gasteiger partial charge in [0.2, 0.25) is 5.91 Å². The zero-order valence-electron chi connectivity index (χ0n) is 20.0. The number of carbonyl (C=O) groups excluding carboxylic acids is 2. The van der Waals surface area contributed by atoms with Crippen molar-refractivity contribution in [1.82, 2.24) is 9.80 Å². The van der Waals surface area contributed by atoms with E-state index in [0.717, 1.165) is 17.7 Å². The van der Waals surface area contributed by atoms with E-state index in [0.29, 0.717) is 37.6 Å². The molecule has 0 N–H and O–H groups in total. The van der Waals surface area contributed by atoms with E-state index in [-0.39, 0.29) is 24.4 Å². The highest BCUT2D eigenvalue weighted by Crippen LogP contribution is 2.34. The van der Waals surface area contributed by atoms with Crippen molar-refractivity contribution >= 4 is 23.2 Å². The summed E-state index contributed by atoms with van der Waals surface area (Å²) in [5, 5.41) is 2.06. The molecule has 1 atom stereocenters. The predicted molar refractivity (Wildman–Crippen MR) is 135 cm³/mol. The molecule has 1 aliphatic heterocycles. The minimum atomic E-state index is -0.236. The second-order valence-corrected chi connectivity index (χ2v) is 9.23. The highest BCUT2D eigenvalue weighted by molar-refractivity contribution is 7.10. The fourth-order valence-corrected chi connectivity index (χ4v) is 5.14. The van der Waals surface area contributed by atoms with E-state index in [2.05, 4.69) is 11.4 Å². The van der Waals surface area contributed by atoms with Crippen molar-refractivity contribution in [2.75, 3.05) is 47.1 Å². The molecule has 2 heterocycles. The van der Waals surface area contributed by atoms with Crippen LogP contribution in [0.3, 0.4) is 0 Å². The quantitative estimate of drug-likeness (QED) is 0.425. The number of ether oxygens (including phenoxy) is 3. The maximum absolute atomic E-state index is 13.6. The number of methoxy groups -OCH3 is 2. The Bertz CT molecular complexity index is 1130. The van der Waals surface area contributed by atoms with Gasteiger partial charge in [0.1, 0.15) is 24.7 Å². The Kier molecular flexibility index (Phi) is 8.39. The van der Waals surface area contributed by atoms with Gasteiger partial charge in [0.15, 0.2) is 0 Å². The van der Waals surface area contributed by atoms with Crippen LogP contribution in [0.15, 0.2) is 66.0 Å². The first-order valence-electron chi connectivity index (χ1n) is 11.6. The van der Waals surface area contributed by atoms with Gasteiger partial charge in [-0.2, -0.15) is 0 Å². The van der Waals surface area contributed by atoms with Crippen LogP contribution in [0.25, 0.3) is 0 Å². The largest absolute Gasteiger partial charge is 0.497 e. The van der Waals surface area contributed by atoms with Crippen molar-refractivity contribution < 1.29 is 23.8 Å². The third-order valence-electron chi connectivity index (χ3n) is 6.06. The van der Waals surface area contributed by atoms with Crippen molar-refractivity contribution in [2.45, 2.75) is 12.5 Å². The first-order chi connectivity index (χ1) is 17.1. The first-order valence-corrected chi connectivity index (χ1v) is 12.4. The number of thiophene rings is 1. The first kappa shape index (κ1) is 24.8. The van der Waals surface area contributed by atoms with Crippen LogP contribution in [-0.4, -0.2) is 68.7 Å². The number of para-hydroxylation sites is 1. The second-order valence-electron chi connectivity index (χ2n) is 8.23. The molecule has 1 aromatic heterocycles. The molecule has 3 aromatic rings. The molecule has 7 nitrogen and oxygen atoms in total. The van der Waals surface area contributed by atoms with Crippen molar-refractivity contribution in [1.29, 1.82) is 0 Å². The van der Waals surface area contributed by atoms with Gasteiger partial charge in [-0.25, -0.2) is 0 Å². The van der Waals surface area contributed by atoms with Crippen LogP contribution < -0.4 is 9.47 Å². The van der Waals surface area contributed by atoms with Crippen molar-refractivity contribution in [2.24, 2.45) is 0 Å². The zero-order chi connectivity index (χ0) is 24.6. The lowest BCUT2D eigenvalue weighted by molar-refractivity contribution is -0.135. The highest BCUT2D eigenvalue weighted by atomic mass is 32.1. The molecule has 0 radical (unpaired) electrons. The Labute approximate surface area is 209 Å². The number of rotatable bonds is 10. The maximum Gasteiger partial charge on any atom is 0.254 e. The lowest BCUT2D eigenvalue weighted by Gasteiger charge is -2.37. The molecule has 2 aromatic carbocycles. The van der Waals surface area contributed by atoms with Crippen LogP contribution in [0.2, 0.25) is 0 Å². The van der Waals surface area contributed by atoms with Crippen molar-refractivity contribution in [3.8, 4) is 11.5 Å². The Balaban J connectivity index is 1.52. The Hall–Kier alpha value is -3.36. The fraction of sp³-hybridized carbons (Fsp3) is 0.333. The van der Waals surface area contributed by atoms with Gasteiger partial charge in [-0.05, 0) is 53.8 Å². The molecule has 0 aliphatic carbocycles. The third-order valence-corrected chi connectivity index (χ3v) is 7.06. The average Bonchev–Trinajstić information content (AvgIpc) is 3.39. The number of amides is 2. The highest BCUT2D eigenvalue weighted by Gasteiger charge is 2.33. The van der Waals surface area contributed by atoms with Gasteiger partial charge >= 0.3 is 0 Å². The van der Waals surface area contributed by atoms with Crippen LogP contribution in [0, 0.1) is 0 Å². The summed E-state index contributed by atoms with van der Waals surface area (Å²) < 4.78 is 16.5. The summed E-state index contributed by atoms with van der Waals surface area (Å²) in [7, 11) is 3.14. The molecule has 0 fully saturated rings. The van der Waals surface area contributed by atoms with Crippen LogP contribution >= 0.6 is 11.3 Å². The Morgan fingerprint density at radius 1 is 1.06 bits per heavy atom. The third kappa shape index (κ3) is 6.01. The predicted octanol–water partition coefficient (Wildman–Crippen LogP) is 4.05. The zero-order valence-corrected chi connectivity index (χ0v) is 20.8. The molecular formula is C27H30N2O5S. The molecule has 8 heteroatoms. The topological polar surface area (TPSA) is 68.3 Å². The molecule has 35 heavy (non-hydrogen) atoms.